The predicted molar refractivity (Wildman–Crippen MR) is 108 cm³/mol. The van der Waals surface area contributed by atoms with Crippen LogP contribution in [0.3, 0.4) is 0 Å². The van der Waals surface area contributed by atoms with Crippen molar-refractivity contribution in [3.05, 3.63) is 46.2 Å². The Morgan fingerprint density at radius 2 is 1.93 bits per heavy atom. The van der Waals surface area contributed by atoms with Gasteiger partial charge in [-0.15, -0.1) is 0 Å². The van der Waals surface area contributed by atoms with E-state index < -0.39 is 30.1 Å². The second kappa shape index (κ2) is 9.42. The highest BCUT2D eigenvalue weighted by molar-refractivity contribution is 6.31. The third kappa shape index (κ3) is 5.71. The van der Waals surface area contributed by atoms with Crippen LogP contribution in [0.15, 0.2) is 24.3 Å². The largest absolute Gasteiger partial charge is 0.452 e. The van der Waals surface area contributed by atoms with Crippen molar-refractivity contribution in [3.63, 3.8) is 0 Å². The number of benzene rings is 1. The second-order valence-corrected chi connectivity index (χ2v) is 6.98. The van der Waals surface area contributed by atoms with Gasteiger partial charge in [-0.3, -0.25) is 14.3 Å². The van der Waals surface area contributed by atoms with E-state index in [4.69, 9.17) is 22.1 Å². The summed E-state index contributed by atoms with van der Waals surface area (Å²) in [7, 11) is 1.77. The Labute approximate surface area is 173 Å². The van der Waals surface area contributed by atoms with Crippen LogP contribution in [0.5, 0.6) is 0 Å². The standard InChI is InChI=1S/C19H24ClN5O4/c1-10-17(11(2)25(4)24-10)23-18(27)12(3)29-16(26)9-15(22-19(21)28)13-7-5-6-8-14(13)20/h5-8,12,15H,9H2,1-4H3,(H,23,27)(H3,21,22,28)/t12-,15+/m1/s1. The molecule has 2 atom stereocenters. The van der Waals surface area contributed by atoms with Gasteiger partial charge in [-0.2, -0.15) is 5.10 Å². The Morgan fingerprint density at radius 3 is 2.48 bits per heavy atom. The van der Waals surface area contributed by atoms with Gasteiger partial charge in [-0.05, 0) is 32.4 Å². The van der Waals surface area contributed by atoms with E-state index in [-0.39, 0.29) is 6.42 Å². The molecule has 0 unspecified atom stereocenters. The van der Waals surface area contributed by atoms with Crippen LogP contribution >= 0.6 is 11.6 Å². The number of carbonyl (C=O) groups excluding carboxylic acids is 3. The predicted octanol–water partition coefficient (Wildman–Crippen LogP) is 2.36. The molecule has 0 aliphatic carbocycles. The fraction of sp³-hybridized carbons (Fsp3) is 0.368. The Morgan fingerprint density at radius 1 is 1.28 bits per heavy atom. The average molecular weight is 422 g/mol. The normalized spacial score (nSPS) is 12.7. The Kier molecular flexibility index (Phi) is 7.22. The summed E-state index contributed by atoms with van der Waals surface area (Å²) < 4.78 is 6.88. The number of rotatable bonds is 7. The molecule has 0 saturated carbocycles. The van der Waals surface area contributed by atoms with Gasteiger partial charge in [0.25, 0.3) is 5.91 Å². The van der Waals surface area contributed by atoms with E-state index in [1.54, 1.807) is 42.9 Å². The summed E-state index contributed by atoms with van der Waals surface area (Å²) >= 11 is 6.15. The van der Waals surface area contributed by atoms with Crippen LogP contribution in [0, 0.1) is 13.8 Å². The SMILES string of the molecule is Cc1nn(C)c(C)c1NC(=O)[C@@H](C)OC(=O)C[C@H](NC(N)=O)c1ccccc1Cl. The first kappa shape index (κ1) is 22.2. The van der Waals surface area contributed by atoms with Gasteiger partial charge in [-0.25, -0.2) is 4.79 Å². The molecule has 0 spiro atoms. The van der Waals surface area contributed by atoms with Gasteiger partial charge in [0.1, 0.15) is 0 Å². The number of aryl methyl sites for hydroxylation is 2. The number of halogens is 1. The Bertz CT molecular complexity index is 927. The fourth-order valence-corrected chi connectivity index (χ4v) is 3.08. The summed E-state index contributed by atoms with van der Waals surface area (Å²) in [5.41, 5.74) is 7.73. The van der Waals surface area contributed by atoms with Crippen LogP contribution in [-0.4, -0.2) is 33.8 Å². The zero-order valence-electron chi connectivity index (χ0n) is 16.7. The number of nitrogens with two attached hydrogens (primary N) is 1. The molecule has 2 aromatic rings. The summed E-state index contributed by atoms with van der Waals surface area (Å²) in [5, 5.41) is 9.78. The number of amides is 3. The van der Waals surface area contributed by atoms with Crippen molar-refractivity contribution < 1.29 is 19.1 Å². The molecule has 0 radical (unpaired) electrons. The minimum Gasteiger partial charge on any atom is -0.452 e. The lowest BCUT2D eigenvalue weighted by Gasteiger charge is -2.20. The number of ether oxygens (including phenoxy) is 1. The molecule has 0 aliphatic heterocycles. The van der Waals surface area contributed by atoms with Crippen LogP contribution in [-0.2, 0) is 21.4 Å². The first-order valence-corrected chi connectivity index (χ1v) is 9.28. The highest BCUT2D eigenvalue weighted by Gasteiger charge is 2.25. The molecule has 4 N–H and O–H groups in total. The van der Waals surface area contributed by atoms with E-state index in [0.717, 1.165) is 5.69 Å². The van der Waals surface area contributed by atoms with Crippen molar-refractivity contribution in [2.45, 2.75) is 39.3 Å². The number of primary amides is 1. The lowest BCUT2D eigenvalue weighted by Crippen LogP contribution is -2.36. The van der Waals surface area contributed by atoms with Crippen LogP contribution in [0.2, 0.25) is 5.02 Å². The van der Waals surface area contributed by atoms with Crippen LogP contribution in [0.4, 0.5) is 10.5 Å². The van der Waals surface area contributed by atoms with Crippen molar-refractivity contribution in [2.75, 3.05) is 5.32 Å². The topological polar surface area (TPSA) is 128 Å². The van der Waals surface area contributed by atoms with E-state index in [2.05, 4.69) is 15.7 Å². The summed E-state index contributed by atoms with van der Waals surface area (Å²) in [4.78, 5) is 36.1. The van der Waals surface area contributed by atoms with E-state index in [1.807, 2.05) is 6.92 Å². The maximum atomic E-state index is 12.4. The van der Waals surface area contributed by atoms with Crippen LogP contribution in [0.25, 0.3) is 0 Å². The molecule has 10 heteroatoms. The number of carbonyl (C=O) groups is 3. The summed E-state index contributed by atoms with van der Waals surface area (Å²) in [6, 6.07) is 5.15. The number of nitrogens with one attached hydrogen (secondary N) is 2. The molecule has 0 aliphatic rings. The molecule has 0 saturated heterocycles. The zero-order valence-corrected chi connectivity index (χ0v) is 17.4. The van der Waals surface area contributed by atoms with E-state index >= 15 is 0 Å². The number of anilines is 1. The van der Waals surface area contributed by atoms with Crippen molar-refractivity contribution in [1.29, 1.82) is 0 Å². The van der Waals surface area contributed by atoms with E-state index in [0.29, 0.717) is 22.0 Å². The molecule has 1 heterocycles. The van der Waals surface area contributed by atoms with E-state index in [9.17, 15) is 14.4 Å². The highest BCUT2D eigenvalue weighted by atomic mass is 35.5. The van der Waals surface area contributed by atoms with Gasteiger partial charge in [0, 0.05) is 12.1 Å². The summed E-state index contributed by atoms with van der Waals surface area (Å²) in [6.45, 7) is 5.04. The number of esters is 1. The number of hydrogen-bond donors (Lipinski definition) is 3. The van der Waals surface area contributed by atoms with Gasteiger partial charge >= 0.3 is 12.0 Å². The Balaban J connectivity index is 2.04. The fourth-order valence-electron chi connectivity index (χ4n) is 2.81. The summed E-state index contributed by atoms with van der Waals surface area (Å²) in [5.74, 6) is -1.18. The zero-order chi connectivity index (χ0) is 21.7. The minimum atomic E-state index is -1.05. The molecule has 3 amide bonds. The van der Waals surface area contributed by atoms with Crippen molar-refractivity contribution in [1.82, 2.24) is 15.1 Å². The molecule has 1 aromatic heterocycles. The smallest absolute Gasteiger partial charge is 0.312 e. The van der Waals surface area contributed by atoms with Gasteiger partial charge in [-0.1, -0.05) is 29.8 Å². The maximum Gasteiger partial charge on any atom is 0.312 e. The summed E-state index contributed by atoms with van der Waals surface area (Å²) in [6.07, 6.45) is -1.29. The van der Waals surface area contributed by atoms with Gasteiger partial charge in [0.05, 0.1) is 29.5 Å². The molecular weight excluding hydrogens is 398 g/mol. The van der Waals surface area contributed by atoms with Gasteiger partial charge in [0.2, 0.25) is 0 Å². The number of hydrogen-bond acceptors (Lipinski definition) is 5. The lowest BCUT2D eigenvalue weighted by molar-refractivity contribution is -0.153. The molecular formula is C19H24ClN5O4. The molecule has 29 heavy (non-hydrogen) atoms. The van der Waals surface area contributed by atoms with Crippen LogP contribution in [0.1, 0.15) is 36.3 Å². The second-order valence-electron chi connectivity index (χ2n) is 6.58. The highest BCUT2D eigenvalue weighted by Crippen LogP contribution is 2.25. The Hall–Kier alpha value is -3.07. The third-order valence-electron chi connectivity index (χ3n) is 4.40. The average Bonchev–Trinajstić information content (AvgIpc) is 2.87. The third-order valence-corrected chi connectivity index (χ3v) is 4.75. The van der Waals surface area contributed by atoms with Crippen molar-refractivity contribution >= 4 is 35.2 Å². The van der Waals surface area contributed by atoms with Crippen molar-refractivity contribution in [2.24, 2.45) is 12.8 Å². The number of aromatic nitrogens is 2. The molecule has 2 rings (SSSR count). The maximum absolute atomic E-state index is 12.4. The van der Waals surface area contributed by atoms with Gasteiger partial charge < -0.3 is 21.1 Å². The van der Waals surface area contributed by atoms with E-state index in [1.165, 1.54) is 6.92 Å². The molecule has 9 nitrogen and oxygen atoms in total. The van der Waals surface area contributed by atoms with Gasteiger partial charge in [0.15, 0.2) is 6.10 Å². The molecule has 156 valence electrons. The number of urea groups is 1. The number of nitrogens with zero attached hydrogens (tertiary/aromatic N) is 2. The first-order valence-electron chi connectivity index (χ1n) is 8.91. The molecule has 0 fully saturated rings. The van der Waals surface area contributed by atoms with Crippen molar-refractivity contribution in [3.8, 4) is 0 Å². The first-order chi connectivity index (χ1) is 13.6. The van der Waals surface area contributed by atoms with Crippen LogP contribution < -0.4 is 16.4 Å². The quantitative estimate of drug-likeness (QED) is 0.591. The monoisotopic (exact) mass is 421 g/mol. The minimum absolute atomic E-state index is 0.241. The lowest BCUT2D eigenvalue weighted by atomic mass is 10.0. The molecule has 0 bridgehead atoms. The molecule has 1 aromatic carbocycles.